The molecule has 144 valence electrons. The van der Waals surface area contributed by atoms with Crippen molar-refractivity contribution in [3.63, 3.8) is 0 Å². The molecular formula is C23H25N3O2. The Morgan fingerprint density at radius 1 is 1.04 bits per heavy atom. The smallest absolute Gasteiger partial charge is 0.269 e. The van der Waals surface area contributed by atoms with Gasteiger partial charge in [0.05, 0.1) is 7.11 Å². The van der Waals surface area contributed by atoms with E-state index in [0.717, 1.165) is 33.8 Å². The van der Waals surface area contributed by atoms with E-state index in [9.17, 15) is 4.79 Å². The van der Waals surface area contributed by atoms with Crippen molar-refractivity contribution in [2.24, 2.45) is 0 Å². The van der Waals surface area contributed by atoms with E-state index in [4.69, 9.17) is 4.74 Å². The largest absolute Gasteiger partial charge is 0.496 e. The average molecular weight is 375 g/mol. The Balaban J connectivity index is 1.64. The molecule has 0 bridgehead atoms. The van der Waals surface area contributed by atoms with Crippen LogP contribution in [0, 0.1) is 13.8 Å². The number of carbonyl (C=O) groups excluding carboxylic acids is 1. The molecule has 28 heavy (non-hydrogen) atoms. The number of ether oxygens (including phenoxy) is 1. The lowest BCUT2D eigenvalue weighted by Gasteiger charge is -2.13. The summed E-state index contributed by atoms with van der Waals surface area (Å²) in [5.41, 5.74) is 5.64. The van der Waals surface area contributed by atoms with Crippen molar-refractivity contribution in [2.75, 3.05) is 19.0 Å². The molecule has 0 aliphatic rings. The zero-order chi connectivity index (χ0) is 19.9. The number of hydrogen-bond acceptors (Lipinski definition) is 4. The highest BCUT2D eigenvalue weighted by molar-refractivity contribution is 5.93. The number of anilines is 2. The van der Waals surface area contributed by atoms with Crippen molar-refractivity contribution in [2.45, 2.75) is 20.3 Å². The number of carbonyl (C=O) groups is 1. The first kappa shape index (κ1) is 19.4. The summed E-state index contributed by atoms with van der Waals surface area (Å²) in [6.45, 7) is 4.62. The van der Waals surface area contributed by atoms with Gasteiger partial charge in [-0.3, -0.25) is 9.78 Å². The number of nitrogens with one attached hydrogen (secondary N) is 2. The maximum absolute atomic E-state index is 12.5. The number of nitrogens with zero attached hydrogens (tertiary/aromatic N) is 1. The number of aryl methyl sites for hydroxylation is 2. The highest BCUT2D eigenvalue weighted by Crippen LogP contribution is 2.24. The molecule has 0 radical (unpaired) electrons. The summed E-state index contributed by atoms with van der Waals surface area (Å²) >= 11 is 0. The molecule has 0 aliphatic carbocycles. The Hall–Kier alpha value is -3.34. The van der Waals surface area contributed by atoms with Gasteiger partial charge in [0.1, 0.15) is 11.4 Å². The standard InChI is InChI=1S/C23H25N3O2/c1-16-7-6-8-17(2)22(16)26-19-12-14-24-20(15-19)23(27)25-13-11-18-9-4-5-10-21(18)28-3/h4-10,12,14-15H,11,13H2,1-3H3,(H,24,26)(H,25,27). The summed E-state index contributed by atoms with van der Waals surface area (Å²) in [4.78, 5) is 16.7. The Morgan fingerprint density at radius 2 is 1.79 bits per heavy atom. The van der Waals surface area contributed by atoms with Gasteiger partial charge in [-0.05, 0) is 55.2 Å². The number of pyridine rings is 1. The minimum atomic E-state index is -0.194. The first-order chi connectivity index (χ1) is 13.6. The fourth-order valence-corrected chi connectivity index (χ4v) is 3.10. The first-order valence-corrected chi connectivity index (χ1v) is 9.28. The molecule has 0 spiro atoms. The van der Waals surface area contributed by atoms with Crippen LogP contribution in [-0.4, -0.2) is 24.5 Å². The second kappa shape index (κ2) is 9.04. The van der Waals surface area contributed by atoms with Gasteiger partial charge in [-0.15, -0.1) is 0 Å². The quantitative estimate of drug-likeness (QED) is 0.641. The van der Waals surface area contributed by atoms with Crippen molar-refractivity contribution in [3.05, 3.63) is 83.2 Å². The van der Waals surface area contributed by atoms with E-state index in [1.807, 2.05) is 36.4 Å². The molecule has 1 aromatic heterocycles. The third-order valence-electron chi connectivity index (χ3n) is 4.62. The van der Waals surface area contributed by atoms with E-state index in [1.165, 1.54) is 0 Å². The Kier molecular flexibility index (Phi) is 6.27. The molecule has 0 saturated heterocycles. The number of para-hydroxylation sites is 2. The van der Waals surface area contributed by atoms with Crippen LogP contribution in [0.25, 0.3) is 0 Å². The van der Waals surface area contributed by atoms with Gasteiger partial charge in [-0.1, -0.05) is 36.4 Å². The fraction of sp³-hybridized carbons (Fsp3) is 0.217. The predicted molar refractivity (Wildman–Crippen MR) is 112 cm³/mol. The molecule has 0 unspecified atom stereocenters. The van der Waals surface area contributed by atoms with Crippen LogP contribution in [-0.2, 0) is 6.42 Å². The van der Waals surface area contributed by atoms with E-state index >= 15 is 0 Å². The lowest BCUT2D eigenvalue weighted by Crippen LogP contribution is -2.26. The zero-order valence-corrected chi connectivity index (χ0v) is 16.5. The lowest BCUT2D eigenvalue weighted by molar-refractivity contribution is 0.0949. The van der Waals surface area contributed by atoms with Crippen molar-refractivity contribution >= 4 is 17.3 Å². The van der Waals surface area contributed by atoms with Crippen LogP contribution in [0.4, 0.5) is 11.4 Å². The topological polar surface area (TPSA) is 63.2 Å². The van der Waals surface area contributed by atoms with E-state index in [0.29, 0.717) is 18.7 Å². The molecule has 5 nitrogen and oxygen atoms in total. The van der Waals surface area contributed by atoms with Gasteiger partial charge in [0, 0.05) is 24.1 Å². The number of methoxy groups -OCH3 is 1. The molecule has 2 aromatic carbocycles. The van der Waals surface area contributed by atoms with Crippen LogP contribution in [0.5, 0.6) is 5.75 Å². The first-order valence-electron chi connectivity index (χ1n) is 9.28. The van der Waals surface area contributed by atoms with Crippen molar-refractivity contribution in [1.82, 2.24) is 10.3 Å². The van der Waals surface area contributed by atoms with Gasteiger partial charge in [-0.25, -0.2) is 0 Å². The Labute approximate surface area is 165 Å². The van der Waals surface area contributed by atoms with Crippen LogP contribution in [0.15, 0.2) is 60.8 Å². The summed E-state index contributed by atoms with van der Waals surface area (Å²) in [7, 11) is 1.65. The number of amides is 1. The fourth-order valence-electron chi connectivity index (χ4n) is 3.10. The predicted octanol–water partition coefficient (Wildman–Crippen LogP) is 4.42. The van der Waals surface area contributed by atoms with E-state index < -0.39 is 0 Å². The summed E-state index contributed by atoms with van der Waals surface area (Å²) in [6.07, 6.45) is 2.33. The molecular weight excluding hydrogens is 350 g/mol. The van der Waals surface area contributed by atoms with Crippen molar-refractivity contribution < 1.29 is 9.53 Å². The van der Waals surface area contributed by atoms with Crippen molar-refractivity contribution in [1.29, 1.82) is 0 Å². The Bertz CT molecular complexity index is 949. The molecule has 3 aromatic rings. The number of hydrogen-bond donors (Lipinski definition) is 2. The van der Waals surface area contributed by atoms with Gasteiger partial charge in [0.25, 0.3) is 5.91 Å². The molecule has 1 amide bonds. The maximum Gasteiger partial charge on any atom is 0.269 e. The number of benzene rings is 2. The van der Waals surface area contributed by atoms with E-state index in [1.54, 1.807) is 19.4 Å². The lowest BCUT2D eigenvalue weighted by atomic mass is 10.1. The van der Waals surface area contributed by atoms with Gasteiger partial charge in [0.15, 0.2) is 0 Å². The van der Waals surface area contributed by atoms with E-state index in [-0.39, 0.29) is 5.91 Å². The van der Waals surface area contributed by atoms with Gasteiger partial charge in [0.2, 0.25) is 0 Å². The molecule has 1 heterocycles. The molecule has 0 fully saturated rings. The van der Waals surface area contributed by atoms with Crippen LogP contribution >= 0.6 is 0 Å². The SMILES string of the molecule is COc1ccccc1CCNC(=O)c1cc(Nc2c(C)cccc2C)ccn1. The summed E-state index contributed by atoms with van der Waals surface area (Å²) < 4.78 is 5.35. The Morgan fingerprint density at radius 3 is 2.54 bits per heavy atom. The van der Waals surface area contributed by atoms with Crippen LogP contribution in [0.2, 0.25) is 0 Å². The maximum atomic E-state index is 12.5. The molecule has 0 atom stereocenters. The highest BCUT2D eigenvalue weighted by Gasteiger charge is 2.10. The second-order valence-electron chi connectivity index (χ2n) is 6.64. The van der Waals surface area contributed by atoms with Crippen LogP contribution in [0.3, 0.4) is 0 Å². The molecule has 5 heteroatoms. The molecule has 2 N–H and O–H groups in total. The van der Waals surface area contributed by atoms with Crippen molar-refractivity contribution in [3.8, 4) is 5.75 Å². The third-order valence-corrected chi connectivity index (χ3v) is 4.62. The summed E-state index contributed by atoms with van der Waals surface area (Å²) in [5, 5.41) is 6.32. The third kappa shape index (κ3) is 4.68. The number of rotatable bonds is 7. The zero-order valence-electron chi connectivity index (χ0n) is 16.5. The molecule has 0 saturated carbocycles. The molecule has 3 rings (SSSR count). The monoisotopic (exact) mass is 375 g/mol. The number of aromatic nitrogens is 1. The minimum absolute atomic E-state index is 0.194. The summed E-state index contributed by atoms with van der Waals surface area (Å²) in [6, 6.07) is 17.6. The van der Waals surface area contributed by atoms with Crippen LogP contribution in [0.1, 0.15) is 27.2 Å². The average Bonchev–Trinajstić information content (AvgIpc) is 2.71. The normalized spacial score (nSPS) is 10.4. The van der Waals surface area contributed by atoms with E-state index in [2.05, 4.69) is 41.6 Å². The second-order valence-corrected chi connectivity index (χ2v) is 6.64. The highest BCUT2D eigenvalue weighted by atomic mass is 16.5. The molecule has 0 aliphatic heterocycles. The summed E-state index contributed by atoms with van der Waals surface area (Å²) in [5.74, 6) is 0.634. The van der Waals surface area contributed by atoms with Gasteiger partial charge < -0.3 is 15.4 Å². The minimum Gasteiger partial charge on any atom is -0.496 e. The van der Waals surface area contributed by atoms with Gasteiger partial charge >= 0.3 is 0 Å². The van der Waals surface area contributed by atoms with Crippen LogP contribution < -0.4 is 15.4 Å². The van der Waals surface area contributed by atoms with Gasteiger partial charge in [-0.2, -0.15) is 0 Å².